The van der Waals surface area contributed by atoms with Crippen molar-refractivity contribution in [1.29, 1.82) is 0 Å². The Morgan fingerprint density at radius 3 is 2.29 bits per heavy atom. The SMILES string of the molecule is NC(Cc1ccc(O)cc1)C(=O)N1CCCC1C(=O)NCC(=O)N1CCCC1C(=O)O. The topological polar surface area (TPSA) is 153 Å². The summed E-state index contributed by atoms with van der Waals surface area (Å²) in [6.45, 7) is 0.452. The molecule has 2 aliphatic heterocycles. The van der Waals surface area contributed by atoms with E-state index in [9.17, 15) is 29.4 Å². The fourth-order valence-electron chi connectivity index (χ4n) is 4.19. The average Bonchev–Trinajstić information content (AvgIpc) is 3.42. The lowest BCUT2D eigenvalue weighted by atomic mass is 10.0. The third-order valence-electron chi connectivity index (χ3n) is 5.82. The quantitative estimate of drug-likeness (QED) is 0.451. The molecule has 0 aliphatic carbocycles. The average molecular weight is 432 g/mol. The second kappa shape index (κ2) is 9.78. The third kappa shape index (κ3) is 5.32. The molecule has 0 radical (unpaired) electrons. The van der Waals surface area contributed by atoms with E-state index >= 15 is 0 Å². The molecule has 3 atom stereocenters. The molecule has 0 saturated carbocycles. The smallest absolute Gasteiger partial charge is 0.326 e. The van der Waals surface area contributed by atoms with E-state index in [0.29, 0.717) is 38.8 Å². The molecule has 3 unspecified atom stereocenters. The standard InChI is InChI=1S/C21H28N4O6/c22-15(11-13-5-7-14(26)8-6-13)20(29)25-10-1-3-16(25)19(28)23-12-18(27)24-9-2-4-17(24)21(30)31/h5-8,15-17,26H,1-4,9-12,22H2,(H,23,28)(H,30,31). The lowest BCUT2D eigenvalue weighted by Gasteiger charge is -2.27. The van der Waals surface area contributed by atoms with Crippen LogP contribution in [0.15, 0.2) is 24.3 Å². The van der Waals surface area contributed by atoms with Crippen LogP contribution < -0.4 is 11.1 Å². The fraction of sp³-hybridized carbons (Fsp3) is 0.524. The van der Waals surface area contributed by atoms with Crippen molar-refractivity contribution in [2.24, 2.45) is 5.73 Å². The van der Waals surface area contributed by atoms with E-state index in [-0.39, 0.29) is 24.6 Å². The summed E-state index contributed by atoms with van der Waals surface area (Å²) in [4.78, 5) is 51.8. The zero-order chi connectivity index (χ0) is 22.5. The van der Waals surface area contributed by atoms with E-state index in [0.717, 1.165) is 5.56 Å². The number of nitrogens with zero attached hydrogens (tertiary/aromatic N) is 2. The van der Waals surface area contributed by atoms with Gasteiger partial charge in [-0.2, -0.15) is 0 Å². The van der Waals surface area contributed by atoms with E-state index in [1.54, 1.807) is 12.1 Å². The van der Waals surface area contributed by atoms with Crippen LogP contribution in [0.4, 0.5) is 0 Å². The molecule has 0 bridgehead atoms. The van der Waals surface area contributed by atoms with Crippen LogP contribution in [0.1, 0.15) is 31.2 Å². The maximum Gasteiger partial charge on any atom is 0.326 e. The van der Waals surface area contributed by atoms with Crippen LogP contribution in [-0.2, 0) is 25.6 Å². The molecule has 10 heteroatoms. The molecular formula is C21H28N4O6. The van der Waals surface area contributed by atoms with Crippen molar-refractivity contribution in [2.75, 3.05) is 19.6 Å². The molecular weight excluding hydrogens is 404 g/mol. The van der Waals surface area contributed by atoms with Gasteiger partial charge in [0.15, 0.2) is 0 Å². The Hall–Kier alpha value is -3.14. The first-order chi connectivity index (χ1) is 14.8. The number of hydrogen-bond donors (Lipinski definition) is 4. The molecule has 0 spiro atoms. The van der Waals surface area contributed by atoms with Gasteiger partial charge >= 0.3 is 5.97 Å². The predicted octanol–water partition coefficient (Wildman–Crippen LogP) is -0.555. The summed E-state index contributed by atoms with van der Waals surface area (Å²) in [7, 11) is 0. The molecule has 0 aromatic heterocycles. The Morgan fingerprint density at radius 2 is 1.65 bits per heavy atom. The molecule has 3 amide bonds. The van der Waals surface area contributed by atoms with Gasteiger partial charge in [0.25, 0.3) is 0 Å². The molecule has 2 aliphatic rings. The fourth-order valence-corrected chi connectivity index (χ4v) is 4.19. The van der Waals surface area contributed by atoms with Crippen LogP contribution in [0.5, 0.6) is 5.75 Å². The van der Waals surface area contributed by atoms with Crippen molar-refractivity contribution >= 4 is 23.7 Å². The lowest BCUT2D eigenvalue weighted by Crippen LogP contribution is -2.53. The Morgan fingerprint density at radius 1 is 1.03 bits per heavy atom. The molecule has 10 nitrogen and oxygen atoms in total. The summed E-state index contributed by atoms with van der Waals surface area (Å²) in [6, 6.07) is 4.01. The van der Waals surface area contributed by atoms with Gasteiger partial charge in [0.05, 0.1) is 12.6 Å². The Kier molecular flexibility index (Phi) is 7.11. The van der Waals surface area contributed by atoms with E-state index < -0.39 is 35.9 Å². The molecule has 31 heavy (non-hydrogen) atoms. The van der Waals surface area contributed by atoms with Crippen LogP contribution in [0.2, 0.25) is 0 Å². The number of aromatic hydroxyl groups is 1. The lowest BCUT2D eigenvalue weighted by molar-refractivity contribution is -0.148. The Balaban J connectivity index is 1.54. The van der Waals surface area contributed by atoms with Crippen LogP contribution in [0.3, 0.4) is 0 Å². The van der Waals surface area contributed by atoms with Gasteiger partial charge < -0.3 is 31.1 Å². The van der Waals surface area contributed by atoms with E-state index in [2.05, 4.69) is 5.32 Å². The summed E-state index contributed by atoms with van der Waals surface area (Å²) < 4.78 is 0. The summed E-state index contributed by atoms with van der Waals surface area (Å²) in [5, 5.41) is 21.1. The molecule has 2 saturated heterocycles. The molecule has 3 rings (SSSR count). The molecule has 1 aromatic rings. The van der Waals surface area contributed by atoms with Gasteiger partial charge in [-0.1, -0.05) is 12.1 Å². The number of phenolic OH excluding ortho intramolecular Hbond substituents is 1. The monoisotopic (exact) mass is 432 g/mol. The van der Waals surface area contributed by atoms with Crippen molar-refractivity contribution in [3.05, 3.63) is 29.8 Å². The maximum atomic E-state index is 12.8. The summed E-state index contributed by atoms with van der Waals surface area (Å²) in [5.74, 6) is -2.16. The second-order valence-corrected chi connectivity index (χ2v) is 7.97. The van der Waals surface area contributed by atoms with Crippen LogP contribution in [0, 0.1) is 0 Å². The number of amides is 3. The highest BCUT2D eigenvalue weighted by Gasteiger charge is 2.37. The van der Waals surface area contributed by atoms with Crippen molar-refractivity contribution in [3.63, 3.8) is 0 Å². The number of nitrogens with one attached hydrogen (secondary N) is 1. The van der Waals surface area contributed by atoms with Gasteiger partial charge in [-0.3, -0.25) is 14.4 Å². The number of carboxylic acid groups (broad SMARTS) is 1. The van der Waals surface area contributed by atoms with Crippen molar-refractivity contribution in [1.82, 2.24) is 15.1 Å². The van der Waals surface area contributed by atoms with Gasteiger partial charge in [-0.05, 0) is 49.8 Å². The number of carbonyl (C=O) groups excluding carboxylic acids is 3. The number of carbonyl (C=O) groups is 4. The Bertz CT molecular complexity index is 843. The zero-order valence-corrected chi connectivity index (χ0v) is 17.2. The van der Waals surface area contributed by atoms with Crippen LogP contribution >= 0.6 is 0 Å². The first-order valence-corrected chi connectivity index (χ1v) is 10.4. The number of likely N-dealkylation sites (tertiary alicyclic amines) is 2. The molecule has 1 aromatic carbocycles. The molecule has 2 heterocycles. The summed E-state index contributed by atoms with van der Waals surface area (Å²) in [5.41, 5.74) is 6.87. The van der Waals surface area contributed by atoms with Crippen LogP contribution in [-0.4, -0.2) is 81.5 Å². The summed E-state index contributed by atoms with van der Waals surface area (Å²) >= 11 is 0. The number of carboxylic acids is 1. The van der Waals surface area contributed by atoms with E-state index in [1.165, 1.54) is 21.9 Å². The molecule has 2 fully saturated rings. The first-order valence-electron chi connectivity index (χ1n) is 10.4. The highest BCUT2D eigenvalue weighted by Crippen LogP contribution is 2.20. The van der Waals surface area contributed by atoms with E-state index in [1.807, 2.05) is 0 Å². The van der Waals surface area contributed by atoms with Crippen molar-refractivity contribution in [3.8, 4) is 5.75 Å². The highest BCUT2D eigenvalue weighted by molar-refractivity contribution is 5.93. The van der Waals surface area contributed by atoms with Gasteiger partial charge in [-0.25, -0.2) is 4.79 Å². The minimum Gasteiger partial charge on any atom is -0.508 e. The van der Waals surface area contributed by atoms with Gasteiger partial charge in [0.1, 0.15) is 17.8 Å². The zero-order valence-electron chi connectivity index (χ0n) is 17.2. The first kappa shape index (κ1) is 22.5. The normalized spacial score (nSPS) is 21.7. The molecule has 5 N–H and O–H groups in total. The van der Waals surface area contributed by atoms with Crippen molar-refractivity contribution in [2.45, 2.75) is 50.2 Å². The Labute approximate surface area is 180 Å². The predicted molar refractivity (Wildman–Crippen MR) is 110 cm³/mol. The summed E-state index contributed by atoms with van der Waals surface area (Å²) in [6.07, 6.45) is 2.41. The third-order valence-corrected chi connectivity index (χ3v) is 5.82. The number of benzene rings is 1. The number of aliphatic carboxylic acids is 1. The minimum absolute atomic E-state index is 0.123. The molecule has 168 valence electrons. The number of hydrogen-bond acceptors (Lipinski definition) is 6. The maximum absolute atomic E-state index is 12.8. The number of phenols is 1. The van der Waals surface area contributed by atoms with Crippen LogP contribution in [0.25, 0.3) is 0 Å². The number of nitrogens with two attached hydrogens (primary N) is 1. The number of rotatable bonds is 7. The van der Waals surface area contributed by atoms with Crippen molar-refractivity contribution < 1.29 is 29.4 Å². The van der Waals surface area contributed by atoms with Gasteiger partial charge in [0, 0.05) is 13.1 Å². The van der Waals surface area contributed by atoms with E-state index in [4.69, 9.17) is 5.73 Å². The second-order valence-electron chi connectivity index (χ2n) is 7.97. The highest BCUT2D eigenvalue weighted by atomic mass is 16.4. The van der Waals surface area contributed by atoms with Gasteiger partial charge in [-0.15, -0.1) is 0 Å². The minimum atomic E-state index is -1.05. The largest absolute Gasteiger partial charge is 0.508 e. The van der Waals surface area contributed by atoms with Gasteiger partial charge in [0.2, 0.25) is 17.7 Å².